The third-order valence-corrected chi connectivity index (χ3v) is 20.0. The Hall–Kier alpha value is -6.98. The molecule has 0 saturated heterocycles. The number of hydrogen-bond acceptors (Lipinski definition) is 8. The zero-order chi connectivity index (χ0) is 42.2. The van der Waals surface area contributed by atoms with Crippen LogP contribution in [-0.4, -0.2) is 13.5 Å². The van der Waals surface area contributed by atoms with Crippen molar-refractivity contribution in [2.75, 3.05) is 23.3 Å². The van der Waals surface area contributed by atoms with Crippen LogP contribution in [0.5, 0.6) is 23.0 Å². The predicted molar refractivity (Wildman–Crippen MR) is 249 cm³/mol. The summed E-state index contributed by atoms with van der Waals surface area (Å²) < 4.78 is 63.0. The molecule has 0 amide bonds. The third kappa shape index (κ3) is 5.68. The van der Waals surface area contributed by atoms with Gasteiger partial charge >= 0.3 is 14.7 Å². The minimum absolute atomic E-state index is 0.349. The molecule has 4 aliphatic heterocycles. The summed E-state index contributed by atoms with van der Waals surface area (Å²) in [7, 11) is -9.07. The molecule has 0 N–H and O–H groups in total. The van der Waals surface area contributed by atoms with Gasteiger partial charge in [-0.1, -0.05) is 121 Å². The van der Waals surface area contributed by atoms with Crippen molar-refractivity contribution in [2.24, 2.45) is 0 Å². The first-order valence-electron chi connectivity index (χ1n) is 21.0. The van der Waals surface area contributed by atoms with E-state index in [1.54, 1.807) is 0 Å². The van der Waals surface area contributed by atoms with E-state index in [4.69, 9.17) is 18.5 Å². The van der Waals surface area contributed by atoms with Gasteiger partial charge in [-0.2, -0.15) is 0 Å². The van der Waals surface area contributed by atoms with Crippen LogP contribution in [-0.2, 0) is 27.1 Å². The molecule has 8 aromatic carbocycles. The molecule has 0 aromatic heterocycles. The summed E-state index contributed by atoms with van der Waals surface area (Å²) in [6.45, 7) is 1.68. The van der Waals surface area contributed by atoms with Gasteiger partial charge in [0.2, 0.25) is 4.90 Å². The number of nitrogens with zero attached hydrogens (tertiary/aromatic N) is 2. The molecule has 63 heavy (non-hydrogen) atoms. The maximum atomic E-state index is 17.8. The largest absolute Gasteiger partial charge is 0.473 e. The van der Waals surface area contributed by atoms with Gasteiger partial charge in [0.25, 0.3) is 0 Å². The van der Waals surface area contributed by atoms with Gasteiger partial charge in [0.05, 0.1) is 10.6 Å². The number of rotatable bonds is 6. The van der Waals surface area contributed by atoms with Crippen LogP contribution in [0, 0.1) is 0 Å². The Labute approximate surface area is 365 Å². The van der Waals surface area contributed by atoms with E-state index in [0.717, 1.165) is 44.8 Å². The monoisotopic (exact) mass is 862 g/mol. The van der Waals surface area contributed by atoms with Crippen molar-refractivity contribution < 1.29 is 27.7 Å². The predicted octanol–water partition coefficient (Wildman–Crippen LogP) is 11.9. The molecule has 0 radical (unpaired) electrons. The van der Waals surface area contributed by atoms with E-state index < -0.39 is 19.6 Å². The van der Waals surface area contributed by atoms with Crippen LogP contribution in [0.2, 0.25) is 0 Å². The van der Waals surface area contributed by atoms with Crippen molar-refractivity contribution in [3.63, 3.8) is 0 Å². The second-order valence-corrected chi connectivity index (χ2v) is 21.5. The molecule has 12 rings (SSSR count). The summed E-state index contributed by atoms with van der Waals surface area (Å²) in [6, 6.07) is 62.6. The van der Waals surface area contributed by atoms with Gasteiger partial charge in [-0.15, -0.1) is 0 Å². The molecular weight excluding hydrogens is 823 g/mol. The quantitative estimate of drug-likeness (QED) is 0.153. The lowest BCUT2D eigenvalue weighted by Crippen LogP contribution is -2.42. The molecule has 0 spiro atoms. The van der Waals surface area contributed by atoms with E-state index >= 15 is 9.13 Å². The van der Waals surface area contributed by atoms with Gasteiger partial charge in [-0.25, -0.2) is 0 Å². The summed E-state index contributed by atoms with van der Waals surface area (Å²) in [4.78, 5) is 2.30. The van der Waals surface area contributed by atoms with Crippen LogP contribution < -0.4 is 38.9 Å². The maximum absolute atomic E-state index is 17.8. The smallest absolute Gasteiger partial charge is 0.303 e. The number of hydrogen-bond donors (Lipinski definition) is 0. The van der Waals surface area contributed by atoms with Gasteiger partial charge in [-0.05, 0) is 95.1 Å². The second kappa shape index (κ2) is 14.6. The van der Waals surface area contributed by atoms with Gasteiger partial charge in [0.15, 0.2) is 13.5 Å². The molecule has 4 heterocycles. The number of benzene rings is 8. The number of anilines is 2. The molecule has 0 fully saturated rings. The average Bonchev–Trinajstić information content (AvgIpc) is 3.34. The van der Waals surface area contributed by atoms with Crippen LogP contribution in [0.25, 0.3) is 22.3 Å². The maximum Gasteiger partial charge on any atom is 0.303 e. The Bertz CT molecular complexity index is 2980. The van der Waals surface area contributed by atoms with E-state index in [-0.39, 0.29) is 0 Å². The van der Waals surface area contributed by atoms with Gasteiger partial charge in [0.1, 0.15) is 23.0 Å². The number of fused-ring (bicyclic) bond motifs is 8. The van der Waals surface area contributed by atoms with Crippen molar-refractivity contribution in [2.45, 2.75) is 18.0 Å². The zero-order valence-corrected chi connectivity index (χ0v) is 35.8. The van der Waals surface area contributed by atoms with Crippen LogP contribution in [0.3, 0.4) is 0 Å². The fourth-order valence-corrected chi connectivity index (χ4v) is 17.7. The lowest BCUT2D eigenvalue weighted by Gasteiger charge is -2.48. The average molecular weight is 863 g/mol. The molecule has 2 unspecified atom stereocenters. The molecule has 10 heteroatoms. The standard InChI is InChI=1S/C53H40N2O6P2/c56-62(51-25-13-9-21-45(51)43-19-7-11-23-49(43)60-62)53(63(57)52-26-14-10-22-46(52)44-20-8-12-24-50(44)61-63,39-27-29-47-37(31-39)33-54(35-58-47)41-15-3-1-4-16-41)40-28-30-48-38(32-40)34-55(36-59-48)42-17-5-2-6-18-42/h1-32H,33-36H2. The van der Waals surface area contributed by atoms with Crippen molar-refractivity contribution in [3.05, 3.63) is 216 Å². The Balaban J connectivity index is 1.19. The highest BCUT2D eigenvalue weighted by atomic mass is 31.2. The highest BCUT2D eigenvalue weighted by Crippen LogP contribution is 2.84. The SMILES string of the molecule is O=P1(C(c2ccc3c(c2)CN(c2ccccc2)CO3)(c2ccc3c(c2)CN(c2ccccc2)CO3)P2(=O)Oc3ccccc3-c3ccccc32)Oc2ccccc2-c2ccccc21. The third-order valence-electron chi connectivity index (χ3n) is 12.7. The van der Waals surface area contributed by atoms with Crippen LogP contribution in [0.15, 0.2) is 194 Å². The molecule has 2 atom stereocenters. The van der Waals surface area contributed by atoms with Crippen molar-refractivity contribution in [3.8, 4) is 45.3 Å². The molecule has 8 nitrogen and oxygen atoms in total. The van der Waals surface area contributed by atoms with E-state index in [0.29, 0.717) is 71.3 Å². The summed E-state index contributed by atoms with van der Waals surface area (Å²) in [6.07, 6.45) is 0. The fraction of sp³-hybridized carbons (Fsp3) is 0.0943. The van der Waals surface area contributed by atoms with Gasteiger partial charge < -0.3 is 28.3 Å². The first-order chi connectivity index (χ1) is 30.9. The summed E-state index contributed by atoms with van der Waals surface area (Å²) in [5.41, 5.74) is 7.83. The van der Waals surface area contributed by atoms with Crippen molar-refractivity contribution in [1.82, 2.24) is 0 Å². The van der Waals surface area contributed by atoms with E-state index in [1.165, 1.54) is 0 Å². The van der Waals surface area contributed by atoms with Gasteiger partial charge in [-0.3, -0.25) is 9.13 Å². The molecule has 0 bridgehead atoms. The highest BCUT2D eigenvalue weighted by Gasteiger charge is 2.70. The highest BCUT2D eigenvalue weighted by molar-refractivity contribution is 7.86. The minimum Gasteiger partial charge on any atom is -0.473 e. The van der Waals surface area contributed by atoms with Crippen LogP contribution >= 0.6 is 14.7 Å². The second-order valence-electron chi connectivity index (χ2n) is 16.2. The molecular formula is C53H40N2O6P2. The molecule has 308 valence electrons. The Morgan fingerprint density at radius 1 is 0.397 bits per heavy atom. The Kier molecular flexibility index (Phi) is 8.72. The number of ether oxygens (including phenoxy) is 2. The summed E-state index contributed by atoms with van der Waals surface area (Å²) in [5, 5.41) is 0.914. The zero-order valence-electron chi connectivity index (χ0n) is 34.0. The molecule has 8 aromatic rings. The molecule has 4 aliphatic rings. The van der Waals surface area contributed by atoms with E-state index in [1.807, 2.05) is 170 Å². The lowest BCUT2D eigenvalue weighted by molar-refractivity contribution is 0.289. The van der Waals surface area contributed by atoms with E-state index in [2.05, 4.69) is 34.1 Å². The lowest BCUT2D eigenvalue weighted by atomic mass is 9.97. The summed E-state index contributed by atoms with van der Waals surface area (Å²) >= 11 is 0. The normalized spacial score (nSPS) is 19.2. The topological polar surface area (TPSA) is 77.5 Å². The minimum atomic E-state index is -4.54. The first-order valence-corrected chi connectivity index (χ1v) is 24.3. The fourth-order valence-electron chi connectivity index (χ4n) is 9.86. The first kappa shape index (κ1) is 37.8. The van der Waals surface area contributed by atoms with Crippen molar-refractivity contribution in [1.29, 1.82) is 0 Å². The Morgan fingerprint density at radius 2 is 0.778 bits per heavy atom. The molecule has 0 saturated carbocycles. The molecule has 0 aliphatic carbocycles. The van der Waals surface area contributed by atoms with E-state index in [9.17, 15) is 0 Å². The Morgan fingerprint density at radius 3 is 1.22 bits per heavy atom. The van der Waals surface area contributed by atoms with Crippen LogP contribution in [0.1, 0.15) is 22.3 Å². The van der Waals surface area contributed by atoms with Crippen molar-refractivity contribution >= 4 is 36.7 Å². The van der Waals surface area contributed by atoms with Crippen LogP contribution in [0.4, 0.5) is 11.4 Å². The summed E-state index contributed by atoms with van der Waals surface area (Å²) in [5.74, 6) is 2.27. The van der Waals surface area contributed by atoms with Gasteiger partial charge in [0, 0.05) is 46.7 Å². The number of para-hydroxylation sites is 4.